The van der Waals surface area contributed by atoms with Gasteiger partial charge in [0.25, 0.3) is 5.91 Å². The molecule has 1 amide bonds. The molecule has 250 valence electrons. The number of carbonyl (C=O) groups excluding carboxylic acids is 1. The van der Waals surface area contributed by atoms with Gasteiger partial charge in [0.2, 0.25) is 0 Å². The molecule has 48 heavy (non-hydrogen) atoms. The summed E-state index contributed by atoms with van der Waals surface area (Å²) in [5.74, 6) is -0.0855. The van der Waals surface area contributed by atoms with Crippen LogP contribution < -0.4 is 5.32 Å². The number of hydrogen-bond acceptors (Lipinski definition) is 5. The lowest BCUT2D eigenvalue weighted by atomic mass is 9.65. The lowest BCUT2D eigenvalue weighted by molar-refractivity contribution is -0.253. The van der Waals surface area contributed by atoms with Crippen LogP contribution in [0.2, 0.25) is 0 Å². The number of benzene rings is 4. The van der Waals surface area contributed by atoms with Crippen LogP contribution in [0.4, 0.5) is 0 Å². The van der Waals surface area contributed by atoms with E-state index < -0.39 is 6.29 Å². The van der Waals surface area contributed by atoms with Crippen LogP contribution in [0.25, 0.3) is 11.1 Å². The van der Waals surface area contributed by atoms with E-state index in [0.717, 1.165) is 52.9 Å². The highest BCUT2D eigenvalue weighted by molar-refractivity contribution is 5.94. The van der Waals surface area contributed by atoms with Crippen molar-refractivity contribution in [1.29, 1.82) is 0 Å². The van der Waals surface area contributed by atoms with E-state index in [1.54, 1.807) is 0 Å². The number of nitrogens with zero attached hydrogens (tertiary/aromatic N) is 1. The molecular weight excluding hydrogens is 596 g/mol. The Kier molecular flexibility index (Phi) is 9.27. The fourth-order valence-electron chi connectivity index (χ4n) is 8.73. The molecule has 2 saturated heterocycles. The standard InChI is InChI=1S/C42H48N2O4/c1-41(2)22-35-23-42(3,27-41)28-44(35)25-36-21-38(31-15-13-29(26-45)14-16-31)48-40(47-36)33-19-17-30(18-20-33)37-12-8-7-11-34(37)24-43-39(46)32-9-5-4-6-10-32/h4-20,35-36,38,40,45H,21-28H2,1-3H3,(H,43,46). The van der Waals surface area contributed by atoms with Crippen molar-refractivity contribution in [3.05, 3.63) is 131 Å². The van der Waals surface area contributed by atoms with Crippen molar-refractivity contribution in [3.63, 3.8) is 0 Å². The zero-order valence-corrected chi connectivity index (χ0v) is 28.4. The van der Waals surface area contributed by atoms with Crippen molar-refractivity contribution < 1.29 is 19.4 Å². The molecule has 0 aromatic heterocycles. The summed E-state index contributed by atoms with van der Waals surface area (Å²) >= 11 is 0. The smallest absolute Gasteiger partial charge is 0.251 e. The van der Waals surface area contributed by atoms with Crippen LogP contribution in [-0.2, 0) is 22.6 Å². The van der Waals surface area contributed by atoms with Crippen LogP contribution in [0.3, 0.4) is 0 Å². The third kappa shape index (κ3) is 7.28. The van der Waals surface area contributed by atoms with Crippen LogP contribution in [0, 0.1) is 10.8 Å². The summed E-state index contributed by atoms with van der Waals surface area (Å²) in [6.07, 6.45) is 4.01. The minimum atomic E-state index is -0.491. The minimum Gasteiger partial charge on any atom is -0.392 e. The van der Waals surface area contributed by atoms with E-state index in [1.807, 2.05) is 54.6 Å². The lowest BCUT2D eigenvalue weighted by Gasteiger charge is -2.41. The van der Waals surface area contributed by atoms with Crippen molar-refractivity contribution in [1.82, 2.24) is 10.2 Å². The maximum Gasteiger partial charge on any atom is 0.251 e. The van der Waals surface area contributed by atoms with Gasteiger partial charge in [0.05, 0.1) is 18.8 Å². The van der Waals surface area contributed by atoms with Crippen LogP contribution >= 0.6 is 0 Å². The Bertz CT molecular complexity index is 1700. The van der Waals surface area contributed by atoms with Gasteiger partial charge >= 0.3 is 0 Å². The number of likely N-dealkylation sites (tertiary alicyclic amines) is 1. The maximum atomic E-state index is 12.7. The van der Waals surface area contributed by atoms with E-state index in [4.69, 9.17) is 9.47 Å². The summed E-state index contributed by atoms with van der Waals surface area (Å²) in [7, 11) is 0. The van der Waals surface area contributed by atoms with Gasteiger partial charge in [0.15, 0.2) is 6.29 Å². The molecule has 2 heterocycles. The van der Waals surface area contributed by atoms with E-state index in [9.17, 15) is 9.90 Å². The largest absolute Gasteiger partial charge is 0.392 e. The average molecular weight is 645 g/mol. The summed E-state index contributed by atoms with van der Waals surface area (Å²) < 4.78 is 13.5. The van der Waals surface area contributed by atoms with Crippen molar-refractivity contribution >= 4 is 5.91 Å². The molecule has 2 bridgehead atoms. The molecule has 5 unspecified atom stereocenters. The quantitative estimate of drug-likeness (QED) is 0.192. The second kappa shape index (κ2) is 13.6. The Morgan fingerprint density at radius 2 is 1.56 bits per heavy atom. The molecule has 0 spiro atoms. The molecule has 1 saturated carbocycles. The Morgan fingerprint density at radius 3 is 2.31 bits per heavy atom. The molecule has 7 rings (SSSR count). The SMILES string of the molecule is CC1(C)CC2CC(C)(CN2CC2CC(c3ccc(CO)cc3)OC(c3ccc(-c4ccccc4CNC(=O)c4ccccc4)cc3)O2)C1. The van der Waals surface area contributed by atoms with Gasteiger partial charge in [-0.1, -0.05) is 112 Å². The number of ether oxygens (including phenoxy) is 2. The molecule has 2 N–H and O–H groups in total. The van der Waals surface area contributed by atoms with Crippen molar-refractivity contribution in [2.45, 2.75) is 84.1 Å². The molecule has 6 heteroatoms. The number of aliphatic hydroxyl groups is 1. The fraction of sp³-hybridized carbons (Fsp3) is 0.405. The van der Waals surface area contributed by atoms with E-state index in [2.05, 4.69) is 79.5 Å². The molecule has 5 atom stereocenters. The first-order chi connectivity index (χ1) is 23.2. The molecule has 4 aromatic rings. The summed E-state index contributed by atoms with van der Waals surface area (Å²) in [6.45, 7) is 9.82. The number of rotatable bonds is 9. The highest BCUT2D eigenvalue weighted by Gasteiger charge is 2.50. The number of aliphatic hydroxyl groups excluding tert-OH is 1. The van der Waals surface area contributed by atoms with Crippen LogP contribution in [0.5, 0.6) is 0 Å². The van der Waals surface area contributed by atoms with Gasteiger partial charge in [0.1, 0.15) is 0 Å². The van der Waals surface area contributed by atoms with Gasteiger partial charge < -0.3 is 19.9 Å². The topological polar surface area (TPSA) is 71.0 Å². The van der Waals surface area contributed by atoms with E-state index >= 15 is 0 Å². The van der Waals surface area contributed by atoms with Crippen LogP contribution in [0.15, 0.2) is 103 Å². The van der Waals surface area contributed by atoms with Gasteiger partial charge in [-0.15, -0.1) is 0 Å². The van der Waals surface area contributed by atoms with E-state index in [1.165, 1.54) is 19.3 Å². The molecule has 0 radical (unpaired) electrons. The van der Waals surface area contributed by atoms with E-state index in [-0.39, 0.29) is 24.7 Å². The van der Waals surface area contributed by atoms with Gasteiger partial charge in [-0.05, 0) is 70.0 Å². The predicted octanol–water partition coefficient (Wildman–Crippen LogP) is 8.22. The summed E-state index contributed by atoms with van der Waals surface area (Å²) in [6, 6.07) is 34.7. The predicted molar refractivity (Wildman–Crippen MR) is 189 cm³/mol. The number of nitrogens with one attached hydrogen (secondary N) is 1. The Labute approximate surface area is 285 Å². The molecule has 3 fully saturated rings. The Hall–Kier alpha value is -3.81. The number of carbonyl (C=O) groups is 1. The molecule has 3 aliphatic rings. The zero-order valence-electron chi connectivity index (χ0n) is 28.4. The second-order valence-electron chi connectivity index (χ2n) is 15.3. The molecule has 4 aromatic carbocycles. The number of amides is 1. The highest BCUT2D eigenvalue weighted by Crippen LogP contribution is 2.53. The number of fused-ring (bicyclic) bond motifs is 2. The maximum absolute atomic E-state index is 12.7. The van der Waals surface area contributed by atoms with Gasteiger partial charge in [-0.3, -0.25) is 9.69 Å². The van der Waals surface area contributed by atoms with Crippen molar-refractivity contribution in [3.8, 4) is 11.1 Å². The zero-order chi connectivity index (χ0) is 33.3. The van der Waals surface area contributed by atoms with Gasteiger partial charge in [-0.25, -0.2) is 0 Å². The fourth-order valence-corrected chi connectivity index (χ4v) is 8.73. The molecule has 1 aliphatic carbocycles. The first-order valence-electron chi connectivity index (χ1n) is 17.4. The number of hydrogen-bond donors (Lipinski definition) is 2. The third-order valence-electron chi connectivity index (χ3n) is 10.6. The first kappa shape index (κ1) is 32.7. The van der Waals surface area contributed by atoms with Crippen molar-refractivity contribution in [2.24, 2.45) is 10.8 Å². The second-order valence-corrected chi connectivity index (χ2v) is 15.3. The summed E-state index contributed by atoms with van der Waals surface area (Å²) in [4.78, 5) is 15.4. The summed E-state index contributed by atoms with van der Waals surface area (Å²) in [5.41, 5.74) is 7.60. The van der Waals surface area contributed by atoms with Crippen LogP contribution in [-0.4, -0.2) is 41.1 Å². The Morgan fingerprint density at radius 1 is 0.854 bits per heavy atom. The van der Waals surface area contributed by atoms with E-state index in [0.29, 0.717) is 29.0 Å². The average Bonchev–Trinajstić information content (AvgIpc) is 3.34. The lowest BCUT2D eigenvalue weighted by Crippen LogP contribution is -2.42. The monoisotopic (exact) mass is 644 g/mol. The molecule has 6 nitrogen and oxygen atoms in total. The Balaban J connectivity index is 1.09. The first-order valence-corrected chi connectivity index (χ1v) is 17.4. The highest BCUT2D eigenvalue weighted by atomic mass is 16.7. The molecule has 2 aliphatic heterocycles. The minimum absolute atomic E-state index is 0.0283. The van der Waals surface area contributed by atoms with Gasteiger partial charge in [-0.2, -0.15) is 0 Å². The van der Waals surface area contributed by atoms with Gasteiger partial charge in [0, 0.05) is 43.2 Å². The molecular formula is C42H48N2O4. The summed E-state index contributed by atoms with van der Waals surface area (Å²) in [5, 5.41) is 12.7. The third-order valence-corrected chi connectivity index (χ3v) is 10.6. The normalized spacial score (nSPS) is 26.7. The van der Waals surface area contributed by atoms with Crippen LogP contribution in [0.1, 0.15) is 91.5 Å². The van der Waals surface area contributed by atoms with Crippen molar-refractivity contribution in [2.75, 3.05) is 13.1 Å².